The van der Waals surface area contributed by atoms with E-state index in [1.54, 1.807) is 0 Å². The van der Waals surface area contributed by atoms with E-state index in [1.165, 1.54) is 12.0 Å². The molecule has 1 fully saturated rings. The van der Waals surface area contributed by atoms with Crippen molar-refractivity contribution in [2.75, 3.05) is 13.2 Å². The highest BCUT2D eigenvalue weighted by Crippen LogP contribution is 2.24. The Kier molecular flexibility index (Phi) is 3.17. The topological polar surface area (TPSA) is 35.2 Å². The van der Waals surface area contributed by atoms with Crippen LogP contribution in [-0.4, -0.2) is 13.2 Å². The predicted molar refractivity (Wildman–Crippen MR) is 56.9 cm³/mol. The lowest BCUT2D eigenvalue weighted by Crippen LogP contribution is -2.15. The van der Waals surface area contributed by atoms with E-state index in [9.17, 15) is 0 Å². The molecule has 0 bridgehead atoms. The lowest BCUT2D eigenvalue weighted by atomic mass is 9.95. The highest BCUT2D eigenvalue weighted by molar-refractivity contribution is 5.18. The van der Waals surface area contributed by atoms with E-state index in [-0.39, 0.29) is 6.04 Å². The van der Waals surface area contributed by atoms with E-state index < -0.39 is 0 Å². The maximum atomic E-state index is 6.12. The Labute approximate surface area is 85.1 Å². The van der Waals surface area contributed by atoms with Gasteiger partial charge in [0.1, 0.15) is 0 Å². The average molecular weight is 191 g/mol. The third-order valence-corrected chi connectivity index (χ3v) is 2.84. The van der Waals surface area contributed by atoms with Crippen molar-refractivity contribution in [3.63, 3.8) is 0 Å². The summed E-state index contributed by atoms with van der Waals surface area (Å²) in [5, 5.41) is 0. The molecule has 14 heavy (non-hydrogen) atoms. The Morgan fingerprint density at radius 1 is 1.36 bits per heavy atom. The molecule has 1 aromatic carbocycles. The molecule has 0 aromatic heterocycles. The first-order chi connectivity index (χ1) is 6.86. The molecule has 0 saturated carbocycles. The SMILES string of the molecule is N[C@@H](C[C@H]1CCOC1)c1ccccc1. The minimum atomic E-state index is 0.169. The third kappa shape index (κ3) is 2.34. The van der Waals surface area contributed by atoms with Crippen LogP contribution >= 0.6 is 0 Å². The van der Waals surface area contributed by atoms with Gasteiger partial charge >= 0.3 is 0 Å². The van der Waals surface area contributed by atoms with Crippen LogP contribution in [0.25, 0.3) is 0 Å². The molecule has 76 valence electrons. The molecule has 2 N–H and O–H groups in total. The maximum absolute atomic E-state index is 6.12. The van der Waals surface area contributed by atoms with Crippen LogP contribution in [0.15, 0.2) is 30.3 Å². The first-order valence-corrected chi connectivity index (χ1v) is 5.24. The van der Waals surface area contributed by atoms with Gasteiger partial charge in [-0.05, 0) is 24.3 Å². The average Bonchev–Trinajstić information content (AvgIpc) is 2.72. The summed E-state index contributed by atoms with van der Waals surface area (Å²) in [4.78, 5) is 0. The molecule has 1 aliphatic rings. The van der Waals surface area contributed by atoms with E-state index in [0.29, 0.717) is 5.92 Å². The first kappa shape index (κ1) is 9.69. The van der Waals surface area contributed by atoms with E-state index >= 15 is 0 Å². The van der Waals surface area contributed by atoms with Gasteiger partial charge in [0.2, 0.25) is 0 Å². The van der Waals surface area contributed by atoms with Gasteiger partial charge < -0.3 is 10.5 Å². The summed E-state index contributed by atoms with van der Waals surface area (Å²) in [6.45, 7) is 1.80. The van der Waals surface area contributed by atoms with Crippen LogP contribution in [0.4, 0.5) is 0 Å². The molecular formula is C12H17NO. The van der Waals surface area contributed by atoms with Gasteiger partial charge in [-0.1, -0.05) is 30.3 Å². The zero-order chi connectivity index (χ0) is 9.80. The number of ether oxygens (including phenoxy) is 1. The van der Waals surface area contributed by atoms with Gasteiger partial charge in [-0.25, -0.2) is 0 Å². The molecule has 0 spiro atoms. The molecule has 2 rings (SSSR count). The van der Waals surface area contributed by atoms with Crippen molar-refractivity contribution in [2.24, 2.45) is 11.7 Å². The van der Waals surface area contributed by atoms with Crippen LogP contribution in [0.3, 0.4) is 0 Å². The van der Waals surface area contributed by atoms with Crippen LogP contribution in [0.1, 0.15) is 24.4 Å². The third-order valence-electron chi connectivity index (χ3n) is 2.84. The van der Waals surface area contributed by atoms with Crippen LogP contribution < -0.4 is 5.73 Å². The fourth-order valence-electron chi connectivity index (χ4n) is 1.96. The highest BCUT2D eigenvalue weighted by Gasteiger charge is 2.19. The van der Waals surface area contributed by atoms with Gasteiger partial charge in [0, 0.05) is 19.3 Å². The maximum Gasteiger partial charge on any atom is 0.0495 e. The number of hydrogen-bond acceptors (Lipinski definition) is 2. The molecule has 2 heteroatoms. The van der Waals surface area contributed by atoms with Gasteiger partial charge in [0.15, 0.2) is 0 Å². The molecular weight excluding hydrogens is 174 g/mol. The first-order valence-electron chi connectivity index (χ1n) is 5.24. The normalized spacial score (nSPS) is 23.6. The summed E-state index contributed by atoms with van der Waals surface area (Å²) in [5.74, 6) is 0.658. The quantitative estimate of drug-likeness (QED) is 0.794. The fourth-order valence-corrected chi connectivity index (χ4v) is 1.96. The summed E-state index contributed by atoms with van der Waals surface area (Å²) in [7, 11) is 0. The van der Waals surface area contributed by atoms with Gasteiger partial charge in [0.25, 0.3) is 0 Å². The number of benzene rings is 1. The van der Waals surface area contributed by atoms with Gasteiger partial charge in [-0.2, -0.15) is 0 Å². The van der Waals surface area contributed by atoms with Crippen LogP contribution in [-0.2, 0) is 4.74 Å². The molecule has 0 radical (unpaired) electrons. The minimum absolute atomic E-state index is 0.169. The van der Waals surface area contributed by atoms with Crippen molar-refractivity contribution in [3.05, 3.63) is 35.9 Å². The van der Waals surface area contributed by atoms with Crippen molar-refractivity contribution in [3.8, 4) is 0 Å². The number of nitrogens with two attached hydrogens (primary N) is 1. The van der Waals surface area contributed by atoms with Crippen molar-refractivity contribution < 1.29 is 4.74 Å². The Bertz CT molecular complexity index is 267. The predicted octanol–water partition coefficient (Wildman–Crippen LogP) is 2.11. The van der Waals surface area contributed by atoms with Crippen molar-refractivity contribution >= 4 is 0 Å². The molecule has 1 saturated heterocycles. The summed E-state index contributed by atoms with van der Waals surface area (Å²) in [6.07, 6.45) is 2.21. The second-order valence-electron chi connectivity index (χ2n) is 3.98. The number of hydrogen-bond donors (Lipinski definition) is 1. The second-order valence-corrected chi connectivity index (χ2v) is 3.98. The summed E-state index contributed by atoms with van der Waals surface area (Å²) >= 11 is 0. The molecule has 2 nitrogen and oxygen atoms in total. The second kappa shape index (κ2) is 4.58. The summed E-state index contributed by atoms with van der Waals surface area (Å²) in [5.41, 5.74) is 7.35. The van der Waals surface area contributed by atoms with Crippen molar-refractivity contribution in [2.45, 2.75) is 18.9 Å². The van der Waals surface area contributed by atoms with Gasteiger partial charge in [-0.3, -0.25) is 0 Å². The zero-order valence-corrected chi connectivity index (χ0v) is 8.36. The Morgan fingerprint density at radius 2 is 2.14 bits per heavy atom. The smallest absolute Gasteiger partial charge is 0.0495 e. The Morgan fingerprint density at radius 3 is 2.79 bits per heavy atom. The van der Waals surface area contributed by atoms with Gasteiger partial charge in [-0.15, -0.1) is 0 Å². The lowest BCUT2D eigenvalue weighted by Gasteiger charge is -2.15. The van der Waals surface area contributed by atoms with Crippen LogP contribution in [0.2, 0.25) is 0 Å². The fraction of sp³-hybridized carbons (Fsp3) is 0.500. The Hall–Kier alpha value is -0.860. The minimum Gasteiger partial charge on any atom is -0.381 e. The van der Waals surface area contributed by atoms with Crippen LogP contribution in [0.5, 0.6) is 0 Å². The largest absolute Gasteiger partial charge is 0.381 e. The summed E-state index contributed by atoms with van der Waals surface area (Å²) < 4.78 is 5.34. The Balaban J connectivity index is 1.92. The highest BCUT2D eigenvalue weighted by atomic mass is 16.5. The molecule has 0 amide bonds. The number of rotatable bonds is 3. The molecule has 0 aliphatic carbocycles. The monoisotopic (exact) mass is 191 g/mol. The van der Waals surface area contributed by atoms with Crippen molar-refractivity contribution in [1.29, 1.82) is 0 Å². The standard InChI is InChI=1S/C12H17NO/c13-12(8-10-6-7-14-9-10)11-4-2-1-3-5-11/h1-5,10,12H,6-9,13H2/t10-,12+/m1/s1. The summed E-state index contributed by atoms with van der Waals surface area (Å²) in [6, 6.07) is 10.5. The molecule has 1 heterocycles. The van der Waals surface area contributed by atoms with E-state index in [1.807, 2.05) is 18.2 Å². The lowest BCUT2D eigenvalue weighted by molar-refractivity contribution is 0.182. The van der Waals surface area contributed by atoms with E-state index in [0.717, 1.165) is 19.6 Å². The van der Waals surface area contributed by atoms with E-state index in [2.05, 4.69) is 12.1 Å². The molecule has 2 atom stereocenters. The molecule has 0 unspecified atom stereocenters. The van der Waals surface area contributed by atoms with Gasteiger partial charge in [0.05, 0.1) is 0 Å². The molecule has 1 aromatic rings. The van der Waals surface area contributed by atoms with E-state index in [4.69, 9.17) is 10.5 Å². The molecule has 1 aliphatic heterocycles. The van der Waals surface area contributed by atoms with Crippen LogP contribution in [0, 0.1) is 5.92 Å². The van der Waals surface area contributed by atoms with Crippen molar-refractivity contribution in [1.82, 2.24) is 0 Å². The zero-order valence-electron chi connectivity index (χ0n) is 8.36.